The lowest BCUT2D eigenvalue weighted by atomic mass is 10.2. The molecule has 2 unspecified atom stereocenters. The minimum atomic E-state index is -0.00349. The highest BCUT2D eigenvalue weighted by Crippen LogP contribution is 2.34. The van der Waals surface area contributed by atoms with Gasteiger partial charge < -0.3 is 25.3 Å². The van der Waals surface area contributed by atoms with Gasteiger partial charge in [0.25, 0.3) is 5.56 Å². The number of likely N-dealkylation sites (N-methyl/N-ethyl adjacent to an activating group) is 1. The van der Waals surface area contributed by atoms with Gasteiger partial charge in [0.15, 0.2) is 0 Å². The molecule has 1 saturated carbocycles. The summed E-state index contributed by atoms with van der Waals surface area (Å²) < 4.78 is 1.65. The van der Waals surface area contributed by atoms with Gasteiger partial charge in [0, 0.05) is 81.4 Å². The first-order valence-corrected chi connectivity index (χ1v) is 11.7. The summed E-state index contributed by atoms with van der Waals surface area (Å²) in [6.45, 7) is 6.02. The fourth-order valence-corrected chi connectivity index (χ4v) is 5.03. The first-order chi connectivity index (χ1) is 16.1. The smallest absolute Gasteiger partial charge is 0.275 e. The van der Waals surface area contributed by atoms with Crippen LogP contribution in [0.1, 0.15) is 6.42 Å². The molecule has 0 radical (unpaired) electrons. The first kappa shape index (κ1) is 20.4. The number of hydrogen-bond acceptors (Lipinski definition) is 8. The Morgan fingerprint density at radius 1 is 1.06 bits per heavy atom. The van der Waals surface area contributed by atoms with Gasteiger partial charge in [-0.3, -0.25) is 9.36 Å². The summed E-state index contributed by atoms with van der Waals surface area (Å²) in [6.07, 6.45) is 2.91. The number of aromatic nitrogens is 3. The number of pyridine rings is 1. The Labute approximate surface area is 193 Å². The van der Waals surface area contributed by atoms with Crippen molar-refractivity contribution < 1.29 is 0 Å². The molecule has 9 nitrogen and oxygen atoms in total. The van der Waals surface area contributed by atoms with E-state index in [0.717, 1.165) is 62.5 Å². The summed E-state index contributed by atoms with van der Waals surface area (Å²) >= 11 is 0. The Hall–Kier alpha value is -3.17. The molecule has 1 aliphatic carbocycles. The van der Waals surface area contributed by atoms with Gasteiger partial charge in [0.2, 0.25) is 5.95 Å². The Morgan fingerprint density at radius 2 is 1.85 bits per heavy atom. The molecule has 4 heterocycles. The predicted octanol–water partition coefficient (Wildman–Crippen LogP) is 1.37. The van der Waals surface area contributed by atoms with Gasteiger partial charge in [-0.25, -0.2) is 4.98 Å². The minimum Gasteiger partial charge on any atom is -0.369 e. The summed E-state index contributed by atoms with van der Waals surface area (Å²) in [5, 5.41) is 7.66. The van der Waals surface area contributed by atoms with E-state index < -0.39 is 0 Å². The fourth-order valence-electron chi connectivity index (χ4n) is 5.03. The predicted molar refractivity (Wildman–Crippen MR) is 132 cm³/mol. The zero-order chi connectivity index (χ0) is 22.5. The molecule has 2 aromatic heterocycles. The average Bonchev–Trinajstić information content (AvgIpc) is 3.63. The molecule has 1 aromatic carbocycles. The number of hydrogen-bond donors (Lipinski definition) is 2. The minimum absolute atomic E-state index is 0.00349. The second-order valence-electron chi connectivity index (χ2n) is 9.39. The van der Waals surface area contributed by atoms with E-state index in [2.05, 4.69) is 66.6 Å². The van der Waals surface area contributed by atoms with Crippen molar-refractivity contribution >= 4 is 34.0 Å². The van der Waals surface area contributed by atoms with Crippen molar-refractivity contribution in [1.82, 2.24) is 24.8 Å². The van der Waals surface area contributed by atoms with Crippen LogP contribution in [-0.4, -0.2) is 77.8 Å². The molecule has 3 aromatic rings. The second kappa shape index (κ2) is 8.00. The molecule has 6 rings (SSSR count). The number of piperazine rings is 2. The van der Waals surface area contributed by atoms with E-state index in [1.54, 1.807) is 17.8 Å². The van der Waals surface area contributed by atoms with E-state index in [4.69, 9.17) is 0 Å². The largest absolute Gasteiger partial charge is 0.369 e. The van der Waals surface area contributed by atoms with Crippen LogP contribution in [-0.2, 0) is 7.05 Å². The topological polar surface area (TPSA) is 81.6 Å². The fraction of sp³-hybridized carbons (Fsp3) is 0.458. The average molecular weight is 447 g/mol. The molecule has 172 valence electrons. The molecular formula is C24H30N8O. The maximum absolute atomic E-state index is 13.1. The maximum atomic E-state index is 13.1. The van der Waals surface area contributed by atoms with Crippen molar-refractivity contribution in [3.63, 3.8) is 0 Å². The van der Waals surface area contributed by atoms with E-state index in [-0.39, 0.29) is 5.56 Å². The maximum Gasteiger partial charge on any atom is 0.275 e. The highest BCUT2D eigenvalue weighted by Gasteiger charge is 2.45. The monoisotopic (exact) mass is 446 g/mol. The molecule has 0 spiro atoms. The van der Waals surface area contributed by atoms with Gasteiger partial charge in [-0.2, -0.15) is 4.98 Å². The second-order valence-corrected chi connectivity index (χ2v) is 9.39. The van der Waals surface area contributed by atoms with Crippen LogP contribution < -0.4 is 26.0 Å². The Balaban J connectivity index is 1.23. The summed E-state index contributed by atoms with van der Waals surface area (Å²) in [7, 11) is 3.96. The number of fused-ring (bicyclic) bond motifs is 2. The summed E-state index contributed by atoms with van der Waals surface area (Å²) in [5.74, 6) is 0.488. The lowest BCUT2D eigenvalue weighted by Gasteiger charge is -2.34. The SMILES string of the molecule is CN1CCN(c2ccc(Nc3ncc4cc(N5CCNC6CC65)c(=O)n(C)c4n3)cc2)CC1. The molecule has 2 N–H and O–H groups in total. The molecular weight excluding hydrogens is 416 g/mol. The Kier molecular flexibility index (Phi) is 4.95. The molecule has 9 heteroatoms. The molecule has 0 bridgehead atoms. The van der Waals surface area contributed by atoms with Crippen molar-refractivity contribution in [2.45, 2.75) is 18.5 Å². The lowest BCUT2D eigenvalue weighted by molar-refractivity contribution is 0.313. The Morgan fingerprint density at radius 3 is 2.64 bits per heavy atom. The zero-order valence-electron chi connectivity index (χ0n) is 19.2. The molecule has 2 aliphatic heterocycles. The summed E-state index contributed by atoms with van der Waals surface area (Å²) in [4.78, 5) is 29.3. The van der Waals surface area contributed by atoms with Gasteiger partial charge in [0.05, 0.1) is 0 Å². The van der Waals surface area contributed by atoms with E-state index in [1.807, 2.05) is 6.07 Å². The molecule has 3 fully saturated rings. The van der Waals surface area contributed by atoms with Crippen LogP contribution in [0.15, 0.2) is 41.3 Å². The van der Waals surface area contributed by atoms with Gasteiger partial charge in [-0.15, -0.1) is 0 Å². The van der Waals surface area contributed by atoms with Crippen molar-refractivity contribution in [3.8, 4) is 0 Å². The van der Waals surface area contributed by atoms with Crippen LogP contribution in [0.5, 0.6) is 0 Å². The molecule has 2 saturated heterocycles. The van der Waals surface area contributed by atoms with Crippen molar-refractivity contribution in [2.75, 3.05) is 61.4 Å². The third-order valence-electron chi connectivity index (χ3n) is 7.15. The van der Waals surface area contributed by atoms with Crippen molar-refractivity contribution in [1.29, 1.82) is 0 Å². The lowest BCUT2D eigenvalue weighted by Crippen LogP contribution is -2.46. The number of nitrogens with one attached hydrogen (secondary N) is 2. The molecule has 3 aliphatic rings. The first-order valence-electron chi connectivity index (χ1n) is 11.7. The van der Waals surface area contributed by atoms with Crippen LogP contribution in [0.25, 0.3) is 11.0 Å². The van der Waals surface area contributed by atoms with E-state index >= 15 is 0 Å². The standard InChI is InChI=1S/C24H30N8O/c1-29-9-11-31(12-10-29)18-5-3-17(4-6-18)27-24-26-15-16-13-21(23(33)30(2)22(16)28-24)32-8-7-25-19-14-20(19)32/h3-6,13,15,19-20,25H,7-12,14H2,1-2H3,(H,26,27,28). The zero-order valence-corrected chi connectivity index (χ0v) is 19.2. The number of anilines is 4. The highest BCUT2D eigenvalue weighted by molar-refractivity contribution is 5.80. The number of benzene rings is 1. The third kappa shape index (κ3) is 3.81. The van der Waals surface area contributed by atoms with Crippen LogP contribution in [0.2, 0.25) is 0 Å². The van der Waals surface area contributed by atoms with Gasteiger partial charge in [0.1, 0.15) is 11.3 Å². The normalized spacial score (nSPS) is 23.0. The van der Waals surface area contributed by atoms with E-state index in [9.17, 15) is 4.79 Å². The Bertz CT molecular complexity index is 1230. The molecule has 33 heavy (non-hydrogen) atoms. The van der Waals surface area contributed by atoms with Gasteiger partial charge in [-0.1, -0.05) is 0 Å². The number of nitrogens with zero attached hydrogens (tertiary/aromatic N) is 6. The van der Waals surface area contributed by atoms with E-state index in [1.165, 1.54) is 5.69 Å². The van der Waals surface area contributed by atoms with Gasteiger partial charge in [-0.05, 0) is 43.8 Å². The molecule has 0 amide bonds. The number of aryl methyl sites for hydroxylation is 1. The van der Waals surface area contributed by atoms with Crippen LogP contribution >= 0.6 is 0 Å². The quantitative estimate of drug-likeness (QED) is 0.622. The van der Waals surface area contributed by atoms with Crippen LogP contribution in [0.4, 0.5) is 23.0 Å². The van der Waals surface area contributed by atoms with E-state index in [0.29, 0.717) is 23.7 Å². The van der Waals surface area contributed by atoms with Crippen molar-refractivity contribution in [2.24, 2.45) is 7.05 Å². The van der Waals surface area contributed by atoms with Crippen molar-refractivity contribution in [3.05, 3.63) is 46.9 Å². The van der Waals surface area contributed by atoms with Crippen LogP contribution in [0, 0.1) is 0 Å². The third-order valence-corrected chi connectivity index (χ3v) is 7.15. The summed E-state index contributed by atoms with van der Waals surface area (Å²) in [5.41, 5.74) is 3.54. The highest BCUT2D eigenvalue weighted by atomic mass is 16.1. The number of rotatable bonds is 4. The summed E-state index contributed by atoms with van der Waals surface area (Å²) in [6, 6.07) is 11.3. The molecule has 2 atom stereocenters. The van der Waals surface area contributed by atoms with Gasteiger partial charge >= 0.3 is 0 Å². The van der Waals surface area contributed by atoms with Crippen LogP contribution in [0.3, 0.4) is 0 Å².